The zero-order valence-electron chi connectivity index (χ0n) is 19.4. The molecular formula is C28H27NO5. The van der Waals surface area contributed by atoms with Crippen LogP contribution in [0.2, 0.25) is 0 Å². The number of aryl methyl sites for hydroxylation is 1. The predicted octanol–water partition coefficient (Wildman–Crippen LogP) is 6.18. The lowest BCUT2D eigenvalue weighted by Gasteiger charge is -2.22. The van der Waals surface area contributed by atoms with Gasteiger partial charge in [-0.1, -0.05) is 42.5 Å². The quantitative estimate of drug-likeness (QED) is 0.323. The Balaban J connectivity index is 1.33. The lowest BCUT2D eigenvalue weighted by Crippen LogP contribution is -2.37. The molecule has 0 spiro atoms. The minimum Gasteiger partial charge on any atom is -0.493 e. The Labute approximate surface area is 198 Å². The van der Waals surface area contributed by atoms with E-state index in [9.17, 15) is 9.90 Å². The maximum Gasteiger partial charge on any atom is 0.347 e. The van der Waals surface area contributed by atoms with E-state index in [1.165, 1.54) is 19.4 Å². The third kappa shape index (κ3) is 5.46. The topological polar surface area (TPSA) is 81.8 Å². The van der Waals surface area contributed by atoms with Gasteiger partial charge in [0.05, 0.1) is 12.3 Å². The minimum absolute atomic E-state index is 0.431. The molecule has 0 unspecified atom stereocenters. The summed E-state index contributed by atoms with van der Waals surface area (Å²) in [5.74, 6) is 0.746. The number of nitrogens with zero attached hydrogens (tertiary/aromatic N) is 1. The zero-order chi connectivity index (χ0) is 24.1. The predicted molar refractivity (Wildman–Crippen MR) is 130 cm³/mol. The van der Waals surface area contributed by atoms with Crippen molar-refractivity contribution in [2.24, 2.45) is 0 Å². The van der Waals surface area contributed by atoms with Gasteiger partial charge in [0.1, 0.15) is 17.8 Å². The van der Waals surface area contributed by atoms with Gasteiger partial charge in [-0.05, 0) is 67.8 Å². The molecule has 0 atom stereocenters. The molecule has 1 N–H and O–H groups in total. The van der Waals surface area contributed by atoms with Crippen molar-refractivity contribution in [1.29, 1.82) is 0 Å². The fourth-order valence-corrected chi connectivity index (χ4v) is 3.44. The maximum absolute atomic E-state index is 11.3. The van der Waals surface area contributed by atoms with E-state index in [0.717, 1.165) is 22.4 Å². The van der Waals surface area contributed by atoms with Crippen LogP contribution in [0.4, 0.5) is 0 Å². The van der Waals surface area contributed by atoms with E-state index in [0.29, 0.717) is 30.4 Å². The van der Waals surface area contributed by atoms with Crippen LogP contribution in [-0.4, -0.2) is 28.3 Å². The van der Waals surface area contributed by atoms with E-state index in [4.69, 9.17) is 13.9 Å². The van der Waals surface area contributed by atoms with Crippen LogP contribution < -0.4 is 9.47 Å². The van der Waals surface area contributed by atoms with Crippen molar-refractivity contribution in [3.05, 3.63) is 90.3 Å². The molecule has 0 bridgehead atoms. The molecule has 4 aromatic rings. The summed E-state index contributed by atoms with van der Waals surface area (Å²) in [6.45, 7) is 5.35. The standard InChI is InChI=1S/C28H27NO5/c1-19-17-24(34-28(2,3)27(30)31)13-14-25(19)32-16-15-23-18-33-26(29-23)22-11-9-21(10-12-22)20-7-5-4-6-8-20/h4-14,17-18H,15-16H2,1-3H3,(H,30,31). The van der Waals surface area contributed by atoms with Crippen LogP contribution in [0.15, 0.2) is 83.5 Å². The molecule has 4 rings (SSSR count). The second-order valence-corrected chi connectivity index (χ2v) is 8.53. The lowest BCUT2D eigenvalue weighted by atomic mass is 10.0. The summed E-state index contributed by atoms with van der Waals surface area (Å²) < 4.78 is 17.1. The normalized spacial score (nSPS) is 11.3. The van der Waals surface area contributed by atoms with Gasteiger partial charge in [0.2, 0.25) is 5.89 Å². The van der Waals surface area contributed by atoms with Crippen molar-refractivity contribution in [1.82, 2.24) is 4.98 Å². The van der Waals surface area contributed by atoms with Gasteiger partial charge >= 0.3 is 5.97 Å². The summed E-state index contributed by atoms with van der Waals surface area (Å²) in [5.41, 5.74) is 3.59. The van der Waals surface area contributed by atoms with Crippen molar-refractivity contribution in [2.75, 3.05) is 6.61 Å². The molecular weight excluding hydrogens is 430 g/mol. The molecule has 0 saturated heterocycles. The third-order valence-electron chi connectivity index (χ3n) is 5.44. The number of ether oxygens (including phenoxy) is 2. The zero-order valence-corrected chi connectivity index (χ0v) is 19.4. The van der Waals surface area contributed by atoms with Crippen molar-refractivity contribution >= 4 is 5.97 Å². The molecule has 0 amide bonds. The summed E-state index contributed by atoms with van der Waals surface area (Å²) in [6, 6.07) is 23.6. The number of carboxylic acids is 1. The molecule has 0 saturated carbocycles. The van der Waals surface area contributed by atoms with Gasteiger partial charge in [0.25, 0.3) is 0 Å². The van der Waals surface area contributed by atoms with Crippen molar-refractivity contribution in [3.63, 3.8) is 0 Å². The Morgan fingerprint density at radius 3 is 2.32 bits per heavy atom. The van der Waals surface area contributed by atoms with Gasteiger partial charge in [-0.2, -0.15) is 0 Å². The summed E-state index contributed by atoms with van der Waals surface area (Å²) in [4.78, 5) is 15.8. The van der Waals surface area contributed by atoms with E-state index in [1.807, 2.05) is 37.3 Å². The van der Waals surface area contributed by atoms with Gasteiger partial charge in [-0.3, -0.25) is 0 Å². The lowest BCUT2D eigenvalue weighted by molar-refractivity contribution is -0.152. The van der Waals surface area contributed by atoms with E-state index in [2.05, 4.69) is 29.2 Å². The van der Waals surface area contributed by atoms with Crippen molar-refractivity contribution in [3.8, 4) is 34.1 Å². The first kappa shape index (κ1) is 23.1. The Morgan fingerprint density at radius 1 is 0.971 bits per heavy atom. The molecule has 3 aromatic carbocycles. The van der Waals surface area contributed by atoms with Crippen LogP contribution in [0.25, 0.3) is 22.6 Å². The Kier molecular flexibility index (Phi) is 6.68. The highest BCUT2D eigenvalue weighted by Crippen LogP contribution is 2.27. The summed E-state index contributed by atoms with van der Waals surface area (Å²) >= 11 is 0. The van der Waals surface area contributed by atoms with Crippen LogP contribution >= 0.6 is 0 Å². The summed E-state index contributed by atoms with van der Waals surface area (Å²) in [5, 5.41) is 9.22. The second-order valence-electron chi connectivity index (χ2n) is 8.53. The number of carboxylic acid groups (broad SMARTS) is 1. The Hall–Kier alpha value is -4.06. The number of rotatable bonds is 9. The minimum atomic E-state index is -1.30. The number of aromatic nitrogens is 1. The van der Waals surface area contributed by atoms with Gasteiger partial charge in [-0.15, -0.1) is 0 Å². The monoisotopic (exact) mass is 457 g/mol. The van der Waals surface area contributed by atoms with Gasteiger partial charge in [0.15, 0.2) is 5.60 Å². The molecule has 6 heteroatoms. The second kappa shape index (κ2) is 9.83. The molecule has 1 aromatic heterocycles. The fraction of sp³-hybridized carbons (Fsp3) is 0.214. The molecule has 0 aliphatic heterocycles. The first-order valence-corrected chi connectivity index (χ1v) is 11.1. The largest absolute Gasteiger partial charge is 0.493 e. The third-order valence-corrected chi connectivity index (χ3v) is 5.44. The average Bonchev–Trinajstić information content (AvgIpc) is 3.30. The number of carbonyl (C=O) groups is 1. The van der Waals surface area contributed by atoms with Crippen LogP contribution in [-0.2, 0) is 11.2 Å². The summed E-state index contributed by atoms with van der Waals surface area (Å²) in [6.07, 6.45) is 2.25. The molecule has 0 aliphatic carbocycles. The van der Waals surface area contributed by atoms with Crippen LogP contribution in [0.5, 0.6) is 11.5 Å². The van der Waals surface area contributed by atoms with Crippen molar-refractivity contribution in [2.45, 2.75) is 32.8 Å². The maximum atomic E-state index is 11.3. The van der Waals surface area contributed by atoms with Crippen LogP contribution in [0.3, 0.4) is 0 Å². The number of hydrogen-bond donors (Lipinski definition) is 1. The van der Waals surface area contributed by atoms with E-state index >= 15 is 0 Å². The molecule has 34 heavy (non-hydrogen) atoms. The number of hydrogen-bond acceptors (Lipinski definition) is 5. The van der Waals surface area contributed by atoms with Crippen LogP contribution in [0, 0.1) is 6.92 Å². The van der Waals surface area contributed by atoms with Gasteiger partial charge in [0, 0.05) is 12.0 Å². The molecule has 0 aliphatic rings. The number of benzene rings is 3. The SMILES string of the molecule is Cc1cc(OC(C)(C)C(=O)O)ccc1OCCc1coc(-c2ccc(-c3ccccc3)cc2)n1. The number of oxazole rings is 1. The Morgan fingerprint density at radius 2 is 1.65 bits per heavy atom. The molecule has 174 valence electrons. The van der Waals surface area contributed by atoms with E-state index in [1.54, 1.807) is 24.5 Å². The average molecular weight is 458 g/mol. The molecule has 0 fully saturated rings. The van der Waals surface area contributed by atoms with Gasteiger partial charge < -0.3 is 19.0 Å². The first-order valence-electron chi connectivity index (χ1n) is 11.1. The van der Waals surface area contributed by atoms with E-state index < -0.39 is 11.6 Å². The molecule has 0 radical (unpaired) electrons. The molecule has 6 nitrogen and oxygen atoms in total. The molecule has 1 heterocycles. The van der Waals surface area contributed by atoms with Crippen LogP contribution in [0.1, 0.15) is 25.1 Å². The highest BCUT2D eigenvalue weighted by atomic mass is 16.5. The van der Waals surface area contributed by atoms with Crippen molar-refractivity contribution < 1.29 is 23.8 Å². The van der Waals surface area contributed by atoms with E-state index in [-0.39, 0.29) is 0 Å². The highest BCUT2D eigenvalue weighted by molar-refractivity contribution is 5.76. The fourth-order valence-electron chi connectivity index (χ4n) is 3.44. The number of aliphatic carboxylic acids is 1. The first-order chi connectivity index (χ1) is 16.3. The van der Waals surface area contributed by atoms with Gasteiger partial charge in [-0.25, -0.2) is 9.78 Å². The smallest absolute Gasteiger partial charge is 0.347 e. The highest BCUT2D eigenvalue weighted by Gasteiger charge is 2.29. The Bertz CT molecular complexity index is 1260. The summed E-state index contributed by atoms with van der Waals surface area (Å²) in [7, 11) is 0.